The van der Waals surface area contributed by atoms with Gasteiger partial charge >= 0.3 is 0 Å². The summed E-state index contributed by atoms with van der Waals surface area (Å²) in [6.07, 6.45) is 3.88. The van der Waals surface area contributed by atoms with E-state index in [1.807, 2.05) is 103 Å². The van der Waals surface area contributed by atoms with Crippen LogP contribution in [0.1, 0.15) is 16.7 Å². The van der Waals surface area contributed by atoms with Crippen LogP contribution >= 0.6 is 7.42 Å². The van der Waals surface area contributed by atoms with E-state index in [1.165, 1.54) is 7.11 Å². The molecule has 0 bridgehead atoms. The summed E-state index contributed by atoms with van der Waals surface area (Å²) in [5, 5.41) is 1.23. The van der Waals surface area contributed by atoms with Gasteiger partial charge in [0.25, 0.3) is 0 Å². The number of halogens is 1. The monoisotopic (exact) mass is 374 g/mol. The fourth-order valence-electron chi connectivity index (χ4n) is 3.34. The SMILES string of the molecule is COP1(F)=C(c2ccccc2)C=C(c2ccccc2)C=C1c1ccccc1. The Morgan fingerprint density at radius 3 is 1.63 bits per heavy atom. The summed E-state index contributed by atoms with van der Waals surface area (Å²) in [4.78, 5) is 0. The number of allylic oxidation sites excluding steroid dienone is 3. The zero-order valence-corrected chi connectivity index (χ0v) is 15.9. The molecule has 27 heavy (non-hydrogen) atoms. The Morgan fingerprint density at radius 2 is 1.11 bits per heavy atom. The minimum Gasteiger partial charge on any atom is -0.333 e. The molecule has 0 saturated carbocycles. The molecule has 1 atom stereocenters. The maximum Gasteiger partial charge on any atom is 0.207 e. The lowest BCUT2D eigenvalue weighted by atomic mass is 10.0. The summed E-state index contributed by atoms with van der Waals surface area (Å²) in [5.41, 5.74) is 3.75. The van der Waals surface area contributed by atoms with Gasteiger partial charge in [-0.05, 0) is 34.4 Å². The molecule has 0 N–H and O–H groups in total. The maximum atomic E-state index is 16.4. The van der Waals surface area contributed by atoms with Gasteiger partial charge in [0.15, 0.2) is 0 Å². The molecule has 3 heteroatoms. The first-order valence-corrected chi connectivity index (χ1v) is 10.4. The van der Waals surface area contributed by atoms with E-state index >= 15 is 4.20 Å². The highest BCUT2D eigenvalue weighted by atomic mass is 31.2. The molecule has 0 amide bonds. The third-order valence-corrected chi connectivity index (χ3v) is 7.22. The van der Waals surface area contributed by atoms with Crippen molar-refractivity contribution in [3.05, 3.63) is 120 Å². The van der Waals surface area contributed by atoms with Crippen LogP contribution in [-0.4, -0.2) is 12.4 Å². The van der Waals surface area contributed by atoms with E-state index in [2.05, 4.69) is 0 Å². The van der Waals surface area contributed by atoms with Crippen LogP contribution in [0, 0.1) is 0 Å². The van der Waals surface area contributed by atoms with Crippen molar-refractivity contribution in [2.45, 2.75) is 0 Å². The molecule has 0 aliphatic carbocycles. The van der Waals surface area contributed by atoms with Crippen molar-refractivity contribution in [3.63, 3.8) is 0 Å². The number of hydrogen-bond acceptors (Lipinski definition) is 1. The number of benzene rings is 3. The van der Waals surface area contributed by atoms with Crippen molar-refractivity contribution < 1.29 is 8.72 Å². The van der Waals surface area contributed by atoms with E-state index in [9.17, 15) is 0 Å². The van der Waals surface area contributed by atoms with E-state index < -0.39 is 7.42 Å². The van der Waals surface area contributed by atoms with Crippen LogP contribution < -0.4 is 0 Å². The highest BCUT2D eigenvalue weighted by Crippen LogP contribution is 2.66. The second kappa shape index (κ2) is 7.52. The van der Waals surface area contributed by atoms with Crippen molar-refractivity contribution in [1.29, 1.82) is 0 Å². The van der Waals surface area contributed by atoms with E-state index in [4.69, 9.17) is 4.52 Å². The van der Waals surface area contributed by atoms with Gasteiger partial charge in [0, 0.05) is 17.7 Å². The van der Waals surface area contributed by atoms with Gasteiger partial charge in [0.2, 0.25) is 7.42 Å². The van der Waals surface area contributed by atoms with Crippen molar-refractivity contribution in [2.24, 2.45) is 0 Å². The zero-order chi connectivity index (χ0) is 18.7. The van der Waals surface area contributed by atoms with Crippen molar-refractivity contribution in [3.8, 4) is 0 Å². The Hall–Kier alpha value is -2.67. The molecule has 1 nitrogen and oxygen atoms in total. The lowest BCUT2D eigenvalue weighted by Crippen LogP contribution is -2.07. The van der Waals surface area contributed by atoms with Crippen LogP contribution in [0.3, 0.4) is 0 Å². The average Bonchev–Trinajstić information content (AvgIpc) is 2.75. The zero-order valence-electron chi connectivity index (χ0n) is 15.0. The largest absolute Gasteiger partial charge is 0.333 e. The van der Waals surface area contributed by atoms with E-state index in [1.54, 1.807) is 0 Å². The molecule has 134 valence electrons. The van der Waals surface area contributed by atoms with Gasteiger partial charge in [0.05, 0.1) is 0 Å². The Morgan fingerprint density at radius 1 is 0.630 bits per heavy atom. The highest BCUT2D eigenvalue weighted by Gasteiger charge is 2.32. The normalized spacial score (nSPS) is 19.4. The molecule has 3 aromatic rings. The Balaban J connectivity index is 2.03. The fourth-order valence-corrected chi connectivity index (χ4v) is 5.57. The molecule has 4 rings (SSSR count). The van der Waals surface area contributed by atoms with Crippen molar-refractivity contribution >= 4 is 23.6 Å². The standard InChI is InChI=1S/C24H20FOP/c1-26-27(25)23(20-13-7-3-8-14-20)17-22(19-11-5-2-6-12-19)18-24(27)21-15-9-4-10-16-21/h2-18H,1H3. The molecular formula is C24H20FOP. The first-order valence-electron chi connectivity index (χ1n) is 8.84. The van der Waals surface area contributed by atoms with Gasteiger partial charge in [-0.3, -0.25) is 0 Å². The highest BCUT2D eigenvalue weighted by molar-refractivity contribution is 7.77. The number of hydrogen-bond donors (Lipinski definition) is 0. The molecule has 0 radical (unpaired) electrons. The van der Waals surface area contributed by atoms with Gasteiger partial charge in [-0.25, -0.2) is 0 Å². The third kappa shape index (κ3) is 3.35. The van der Waals surface area contributed by atoms with Crippen LogP contribution in [-0.2, 0) is 4.52 Å². The Bertz CT molecular complexity index is 1050. The second-order valence-electron chi connectivity index (χ2n) is 6.33. The van der Waals surface area contributed by atoms with Crippen LogP contribution in [0.15, 0.2) is 103 Å². The smallest absolute Gasteiger partial charge is 0.207 e. The summed E-state index contributed by atoms with van der Waals surface area (Å²) in [6.45, 7) is 0. The quantitative estimate of drug-likeness (QED) is 0.456. The summed E-state index contributed by atoms with van der Waals surface area (Å²) in [5.74, 6) is 0. The van der Waals surface area contributed by atoms with Crippen LogP contribution in [0.2, 0.25) is 0 Å². The third-order valence-electron chi connectivity index (χ3n) is 4.70. The molecule has 1 aliphatic rings. The van der Waals surface area contributed by atoms with Gasteiger partial charge < -0.3 is 4.52 Å². The molecule has 0 saturated heterocycles. The molecule has 1 aliphatic heterocycles. The second-order valence-corrected chi connectivity index (χ2v) is 8.72. The summed E-state index contributed by atoms with van der Waals surface area (Å²) < 4.78 is 22.0. The minimum atomic E-state index is -3.46. The molecule has 0 fully saturated rings. The van der Waals surface area contributed by atoms with Gasteiger partial charge in [-0.2, -0.15) is 4.20 Å². The maximum absolute atomic E-state index is 16.4. The van der Waals surface area contributed by atoms with Crippen LogP contribution in [0.25, 0.3) is 10.9 Å². The summed E-state index contributed by atoms with van der Waals surface area (Å²) in [6, 6.07) is 29.4. The van der Waals surface area contributed by atoms with E-state index in [0.29, 0.717) is 10.6 Å². The number of rotatable bonds is 4. The lowest BCUT2D eigenvalue weighted by molar-refractivity contribution is 0.435. The first kappa shape index (κ1) is 17.7. The van der Waals surface area contributed by atoms with Gasteiger partial charge in [-0.15, -0.1) is 0 Å². The first-order chi connectivity index (χ1) is 13.2. The molecule has 0 spiro atoms. The van der Waals surface area contributed by atoms with Gasteiger partial charge in [0.1, 0.15) is 0 Å². The molecule has 3 aromatic carbocycles. The Kier molecular flexibility index (Phi) is 4.94. The fraction of sp³-hybridized carbons (Fsp3) is 0.0417. The summed E-state index contributed by atoms with van der Waals surface area (Å²) in [7, 11) is -2.00. The predicted octanol–water partition coefficient (Wildman–Crippen LogP) is 6.81. The van der Waals surface area contributed by atoms with Crippen molar-refractivity contribution in [1.82, 2.24) is 0 Å². The lowest BCUT2D eigenvalue weighted by Gasteiger charge is -2.27. The van der Waals surface area contributed by atoms with Crippen LogP contribution in [0.5, 0.6) is 0 Å². The minimum absolute atomic E-state index is 0.616. The molecule has 1 unspecified atom stereocenters. The average molecular weight is 374 g/mol. The van der Waals surface area contributed by atoms with Gasteiger partial charge in [-0.1, -0.05) is 91.0 Å². The van der Waals surface area contributed by atoms with E-state index in [-0.39, 0.29) is 0 Å². The molecule has 1 heterocycles. The van der Waals surface area contributed by atoms with E-state index in [0.717, 1.165) is 22.3 Å². The van der Waals surface area contributed by atoms with Crippen molar-refractivity contribution in [2.75, 3.05) is 7.11 Å². The topological polar surface area (TPSA) is 9.23 Å². The van der Waals surface area contributed by atoms with Crippen LogP contribution in [0.4, 0.5) is 4.20 Å². The molecular weight excluding hydrogens is 354 g/mol. The summed E-state index contributed by atoms with van der Waals surface area (Å²) >= 11 is 0. The molecule has 0 aromatic heterocycles. The predicted molar refractivity (Wildman–Crippen MR) is 114 cm³/mol. The Labute approximate surface area is 159 Å².